The van der Waals surface area contributed by atoms with Crippen molar-refractivity contribution in [2.45, 2.75) is 144 Å². The number of hydrogen-bond acceptors (Lipinski definition) is 4. The van der Waals surface area contributed by atoms with Gasteiger partial charge < -0.3 is 20.1 Å². The highest BCUT2D eigenvalue weighted by molar-refractivity contribution is 5.68. The maximum absolute atomic E-state index is 10.8. The maximum Gasteiger partial charge on any atom is 0.303 e. The lowest BCUT2D eigenvalue weighted by atomic mass is 9.35. The van der Waals surface area contributed by atoms with E-state index in [4.69, 9.17) is 5.11 Å². The lowest BCUT2D eigenvalue weighted by Crippen LogP contribution is -2.63. The highest BCUT2D eigenvalue weighted by Gasteiger charge is 2.65. The van der Waals surface area contributed by atoms with E-state index in [0.717, 1.165) is 36.4 Å². The van der Waals surface area contributed by atoms with Crippen LogP contribution in [0, 0.1) is 56.7 Å². The number of carbonyl (C=O) groups is 2. The van der Waals surface area contributed by atoms with Crippen LogP contribution in [-0.2, 0) is 9.59 Å². The van der Waals surface area contributed by atoms with Crippen molar-refractivity contribution in [1.82, 2.24) is 0 Å². The number of hydrogen-bond donors (Lipinski definition) is 3. The molecule has 0 amide bonds. The lowest BCUT2D eigenvalue weighted by Gasteiger charge is -2.69. The van der Waals surface area contributed by atoms with Crippen molar-refractivity contribution in [3.63, 3.8) is 0 Å². The summed E-state index contributed by atoms with van der Waals surface area (Å²) in [6.07, 6.45) is 18.5. The average molecular weight is 589 g/mol. The summed E-state index contributed by atoms with van der Waals surface area (Å²) >= 11 is 0. The van der Waals surface area contributed by atoms with E-state index in [-0.39, 0.29) is 23.4 Å². The molecule has 0 heterocycles. The van der Waals surface area contributed by atoms with Crippen molar-refractivity contribution < 1.29 is 24.9 Å². The maximum atomic E-state index is 10.8. The van der Waals surface area contributed by atoms with Gasteiger partial charge in [0.2, 0.25) is 0 Å². The third kappa shape index (κ3) is 6.58. The van der Waals surface area contributed by atoms with E-state index in [0.29, 0.717) is 29.8 Å². The summed E-state index contributed by atoms with van der Waals surface area (Å²) in [6.45, 7) is 19.2. The van der Waals surface area contributed by atoms with E-state index in [1.54, 1.807) is 19.9 Å². The SMILES string of the molecule is C=CC.CC(C)(CC=O)CC(=O)O.CC1(C)C(O)CCC2(C)C1CCC1(C)C3CCC4(CO)CCCCC4C3CCC12. The Hall–Kier alpha value is -1.20. The van der Waals surface area contributed by atoms with Gasteiger partial charge in [-0.3, -0.25) is 4.79 Å². The van der Waals surface area contributed by atoms with Crippen LogP contribution >= 0.6 is 0 Å². The molecule has 9 atom stereocenters. The third-order valence-corrected chi connectivity index (χ3v) is 13.5. The van der Waals surface area contributed by atoms with Crippen LogP contribution in [0.4, 0.5) is 0 Å². The number of aliphatic hydroxyl groups excluding tert-OH is 2. The van der Waals surface area contributed by atoms with Crippen molar-refractivity contribution in [3.05, 3.63) is 12.7 Å². The second-order valence-electron chi connectivity index (χ2n) is 16.8. The first-order valence-electron chi connectivity index (χ1n) is 17.1. The summed E-state index contributed by atoms with van der Waals surface area (Å²) in [4.78, 5) is 20.2. The fourth-order valence-electron chi connectivity index (χ4n) is 11.5. The molecule has 0 saturated heterocycles. The van der Waals surface area contributed by atoms with Gasteiger partial charge in [-0.25, -0.2) is 0 Å². The van der Waals surface area contributed by atoms with Crippen LogP contribution in [0.5, 0.6) is 0 Å². The van der Waals surface area contributed by atoms with Gasteiger partial charge in [-0.1, -0.05) is 60.5 Å². The molecule has 242 valence electrons. The number of carboxylic acids is 1. The first kappa shape index (κ1) is 35.3. The Morgan fingerprint density at radius 2 is 1.52 bits per heavy atom. The van der Waals surface area contributed by atoms with Crippen molar-refractivity contribution in [2.24, 2.45) is 56.7 Å². The number of allylic oxidation sites excluding steroid dienone is 1. The molecule has 5 aliphatic carbocycles. The predicted octanol–water partition coefficient (Wildman–Crippen LogP) is 8.46. The molecule has 0 aromatic heterocycles. The van der Waals surface area contributed by atoms with E-state index in [2.05, 4.69) is 34.3 Å². The van der Waals surface area contributed by atoms with Gasteiger partial charge in [0.25, 0.3) is 0 Å². The Morgan fingerprint density at radius 3 is 2.12 bits per heavy atom. The van der Waals surface area contributed by atoms with Crippen LogP contribution in [0.2, 0.25) is 0 Å². The van der Waals surface area contributed by atoms with Crippen LogP contribution in [-0.4, -0.2) is 40.3 Å². The molecule has 0 bridgehead atoms. The molecular weight excluding hydrogens is 524 g/mol. The molecule has 0 aliphatic heterocycles. The number of carboxylic acid groups (broad SMARTS) is 1. The van der Waals surface area contributed by atoms with E-state index >= 15 is 0 Å². The van der Waals surface area contributed by atoms with Gasteiger partial charge in [0.1, 0.15) is 6.29 Å². The van der Waals surface area contributed by atoms with Crippen LogP contribution in [0.1, 0.15) is 138 Å². The Kier molecular flexibility index (Phi) is 11.3. The Bertz CT molecular complexity index is 940. The van der Waals surface area contributed by atoms with Crippen molar-refractivity contribution in [2.75, 3.05) is 6.61 Å². The normalized spacial score (nSPS) is 41.9. The van der Waals surface area contributed by atoms with Gasteiger partial charge in [-0.15, -0.1) is 6.58 Å². The number of aliphatic hydroxyl groups is 2. The average Bonchev–Trinajstić information content (AvgIpc) is 2.90. The molecule has 0 spiro atoms. The number of fused-ring (bicyclic) bond motifs is 7. The molecule has 5 fully saturated rings. The summed E-state index contributed by atoms with van der Waals surface area (Å²) in [7, 11) is 0. The second-order valence-corrected chi connectivity index (χ2v) is 16.8. The largest absolute Gasteiger partial charge is 0.481 e. The first-order chi connectivity index (χ1) is 19.6. The van der Waals surface area contributed by atoms with Gasteiger partial charge in [-0.2, -0.15) is 0 Å². The second kappa shape index (κ2) is 13.4. The summed E-state index contributed by atoms with van der Waals surface area (Å²) in [6, 6.07) is 0. The number of aliphatic carboxylic acids is 1. The lowest BCUT2D eigenvalue weighted by molar-refractivity contribution is -0.221. The summed E-state index contributed by atoms with van der Waals surface area (Å²) in [5.74, 6) is 3.16. The standard InChI is InChI=1S/C27H46O2.C7H12O3.C3H6/c1-24(2)21-11-14-25(3)19-10-16-27(17-28)13-6-5-7-20(27)18(19)8-9-22(25)26(21,4)15-12-23(24)29;1-7(2,3-4-8)5-6(9)10;1-3-2/h18-23,28-29H,5-17H2,1-4H3;4H,3,5H2,1-2H3,(H,9,10);3H,1H2,2H3. The van der Waals surface area contributed by atoms with Crippen molar-refractivity contribution in [1.29, 1.82) is 0 Å². The quantitative estimate of drug-likeness (QED) is 0.221. The molecule has 9 unspecified atom stereocenters. The van der Waals surface area contributed by atoms with E-state index in [1.165, 1.54) is 70.6 Å². The van der Waals surface area contributed by atoms with Crippen molar-refractivity contribution in [3.8, 4) is 0 Å². The number of aldehydes is 1. The third-order valence-electron chi connectivity index (χ3n) is 13.5. The van der Waals surface area contributed by atoms with Crippen LogP contribution in [0.25, 0.3) is 0 Å². The van der Waals surface area contributed by atoms with Crippen LogP contribution < -0.4 is 0 Å². The monoisotopic (exact) mass is 588 g/mol. The zero-order valence-corrected chi connectivity index (χ0v) is 28.1. The van der Waals surface area contributed by atoms with Crippen molar-refractivity contribution >= 4 is 12.3 Å². The van der Waals surface area contributed by atoms with Gasteiger partial charge in [0.05, 0.1) is 12.5 Å². The Morgan fingerprint density at radius 1 is 0.881 bits per heavy atom. The minimum absolute atomic E-state index is 0.0474. The van der Waals surface area contributed by atoms with Gasteiger partial charge in [-0.05, 0) is 128 Å². The topological polar surface area (TPSA) is 94.8 Å². The Labute approximate surface area is 257 Å². The fraction of sp³-hybridized carbons (Fsp3) is 0.892. The Balaban J connectivity index is 0.000000316. The first-order valence-corrected chi connectivity index (χ1v) is 17.1. The zero-order chi connectivity index (χ0) is 31.6. The van der Waals surface area contributed by atoms with Gasteiger partial charge in [0, 0.05) is 13.0 Å². The molecule has 0 aromatic rings. The summed E-state index contributed by atoms with van der Waals surface area (Å²) < 4.78 is 0. The van der Waals surface area contributed by atoms with Crippen LogP contribution in [0.15, 0.2) is 12.7 Å². The van der Waals surface area contributed by atoms with Gasteiger partial charge in [0.15, 0.2) is 0 Å². The smallest absolute Gasteiger partial charge is 0.303 e. The minimum atomic E-state index is -0.855. The minimum Gasteiger partial charge on any atom is -0.481 e. The molecule has 5 nitrogen and oxygen atoms in total. The highest BCUT2D eigenvalue weighted by atomic mass is 16.4. The fourth-order valence-corrected chi connectivity index (χ4v) is 11.5. The zero-order valence-electron chi connectivity index (χ0n) is 28.1. The molecule has 3 N–H and O–H groups in total. The van der Waals surface area contributed by atoms with Crippen LogP contribution in [0.3, 0.4) is 0 Å². The molecule has 5 aliphatic rings. The predicted molar refractivity (Wildman–Crippen MR) is 171 cm³/mol. The number of carbonyl (C=O) groups excluding carboxylic acids is 1. The van der Waals surface area contributed by atoms with E-state index in [9.17, 15) is 19.8 Å². The summed E-state index contributed by atoms with van der Waals surface area (Å²) in [5, 5.41) is 29.6. The van der Waals surface area contributed by atoms with E-state index in [1.807, 2.05) is 6.92 Å². The summed E-state index contributed by atoms with van der Waals surface area (Å²) in [5.41, 5.74) is 0.811. The molecule has 5 saturated carbocycles. The molecule has 0 radical (unpaired) electrons. The molecule has 5 rings (SSSR count). The molecule has 5 heteroatoms. The molecular formula is C37H64O5. The van der Waals surface area contributed by atoms with Gasteiger partial charge >= 0.3 is 5.97 Å². The van der Waals surface area contributed by atoms with E-state index < -0.39 is 11.4 Å². The highest BCUT2D eigenvalue weighted by Crippen LogP contribution is 2.72. The number of rotatable bonds is 5. The molecule has 42 heavy (non-hydrogen) atoms. The molecule has 0 aromatic carbocycles.